The van der Waals surface area contributed by atoms with E-state index in [0.717, 1.165) is 6.08 Å². The fourth-order valence-electron chi connectivity index (χ4n) is 2.91. The normalized spacial score (nSPS) is 45.3. The molecule has 0 aromatic carbocycles. The lowest BCUT2D eigenvalue weighted by Gasteiger charge is -2.46. The molecule has 2 aliphatic rings. The molecular formula is C15H25NO11. The number of ether oxygens (including phenoxy) is 3. The molecule has 0 spiro atoms. The summed E-state index contributed by atoms with van der Waals surface area (Å²) >= 11 is 0. The molecule has 12 heteroatoms. The molecule has 2 aliphatic heterocycles. The number of nitrogens with one attached hydrogen (secondary N) is 1. The van der Waals surface area contributed by atoms with Crippen LogP contribution in [0.4, 0.5) is 0 Å². The maximum absolute atomic E-state index is 11.4. The van der Waals surface area contributed by atoms with E-state index in [9.17, 15) is 40.5 Å². The minimum Gasteiger partial charge on any atom is -0.394 e. The molecule has 12 nitrogen and oxygen atoms in total. The van der Waals surface area contributed by atoms with E-state index in [-0.39, 0.29) is 0 Å². The largest absolute Gasteiger partial charge is 0.394 e. The Morgan fingerprint density at radius 3 is 2.11 bits per heavy atom. The van der Waals surface area contributed by atoms with Crippen molar-refractivity contribution in [1.29, 1.82) is 0 Å². The van der Waals surface area contributed by atoms with Gasteiger partial charge in [-0.2, -0.15) is 0 Å². The fourth-order valence-corrected chi connectivity index (χ4v) is 2.91. The number of carbonyl (C=O) groups excluding carboxylic acids is 1. The second kappa shape index (κ2) is 9.34. The van der Waals surface area contributed by atoms with Gasteiger partial charge in [0.2, 0.25) is 5.91 Å². The van der Waals surface area contributed by atoms with Crippen LogP contribution in [0.5, 0.6) is 0 Å². The van der Waals surface area contributed by atoms with Crippen molar-refractivity contribution in [3.8, 4) is 0 Å². The SMILES string of the molecule is C=CC(=O)N[C@@H]1O[C@H](CO)[C@@H](O[C@@H]2O[C@H](CO)[C@@H](O)[C@H](O)[C@H]2O)[C@H](O)[C@H]1O. The highest BCUT2D eigenvalue weighted by Crippen LogP contribution is 2.28. The molecule has 2 heterocycles. The molecule has 0 radical (unpaired) electrons. The third kappa shape index (κ3) is 4.63. The Morgan fingerprint density at radius 2 is 1.56 bits per heavy atom. The van der Waals surface area contributed by atoms with E-state index in [2.05, 4.69) is 11.9 Å². The summed E-state index contributed by atoms with van der Waals surface area (Å²) < 4.78 is 15.9. The summed E-state index contributed by atoms with van der Waals surface area (Å²) in [6, 6.07) is 0. The Bertz CT molecular complexity index is 516. The number of carbonyl (C=O) groups is 1. The van der Waals surface area contributed by atoms with Crippen molar-refractivity contribution in [2.75, 3.05) is 13.2 Å². The first-order chi connectivity index (χ1) is 12.7. The van der Waals surface area contributed by atoms with Crippen molar-refractivity contribution >= 4 is 5.91 Å². The number of hydrogen-bond donors (Lipinski definition) is 8. The number of aliphatic hydroxyl groups is 7. The van der Waals surface area contributed by atoms with Crippen molar-refractivity contribution in [3.05, 3.63) is 12.7 Å². The van der Waals surface area contributed by atoms with E-state index in [1.165, 1.54) is 0 Å². The second-order valence-corrected chi connectivity index (χ2v) is 6.27. The molecule has 10 atom stereocenters. The minimum absolute atomic E-state index is 0.684. The van der Waals surface area contributed by atoms with E-state index < -0.39 is 80.5 Å². The number of hydrogen-bond acceptors (Lipinski definition) is 11. The first kappa shape index (κ1) is 22.1. The molecule has 0 saturated carbocycles. The van der Waals surface area contributed by atoms with Crippen LogP contribution in [0.15, 0.2) is 12.7 Å². The molecule has 0 aromatic rings. The summed E-state index contributed by atoms with van der Waals surface area (Å²) in [6.07, 6.45) is -14.4. The van der Waals surface area contributed by atoms with Crippen LogP contribution in [0, 0.1) is 0 Å². The molecule has 0 aromatic heterocycles. The van der Waals surface area contributed by atoms with Crippen molar-refractivity contribution in [1.82, 2.24) is 5.32 Å². The zero-order valence-electron chi connectivity index (χ0n) is 14.2. The van der Waals surface area contributed by atoms with Gasteiger partial charge in [-0.05, 0) is 6.08 Å². The van der Waals surface area contributed by atoms with Gasteiger partial charge in [-0.25, -0.2) is 0 Å². The van der Waals surface area contributed by atoms with Gasteiger partial charge in [0, 0.05) is 0 Å². The molecule has 2 fully saturated rings. The Morgan fingerprint density at radius 1 is 0.926 bits per heavy atom. The van der Waals surface area contributed by atoms with Gasteiger partial charge >= 0.3 is 0 Å². The molecule has 2 rings (SSSR count). The molecule has 0 aliphatic carbocycles. The fraction of sp³-hybridized carbons (Fsp3) is 0.800. The van der Waals surface area contributed by atoms with Gasteiger partial charge in [0.25, 0.3) is 0 Å². The number of amides is 1. The highest BCUT2D eigenvalue weighted by atomic mass is 16.7. The average molecular weight is 395 g/mol. The highest BCUT2D eigenvalue weighted by Gasteiger charge is 2.50. The maximum atomic E-state index is 11.4. The van der Waals surface area contributed by atoms with E-state index in [0.29, 0.717) is 0 Å². The summed E-state index contributed by atoms with van der Waals surface area (Å²) in [7, 11) is 0. The lowest BCUT2D eigenvalue weighted by molar-refractivity contribution is -0.343. The standard InChI is InChI=1S/C15H25NO11/c1-2-7(19)16-14-11(23)10(22)13(6(4-18)25-14)27-15-12(24)9(21)8(20)5(3-17)26-15/h2,5-6,8-15,17-18,20-24H,1,3-4H2,(H,16,19)/t5-,6-,8-,9+,10-,11-,12-,13-,14-,15+/m1/s1. The number of aliphatic hydroxyl groups excluding tert-OH is 7. The second-order valence-electron chi connectivity index (χ2n) is 6.27. The van der Waals surface area contributed by atoms with Crippen LogP contribution in [0.2, 0.25) is 0 Å². The third-order valence-electron chi connectivity index (χ3n) is 4.47. The van der Waals surface area contributed by atoms with Crippen LogP contribution in [-0.2, 0) is 19.0 Å². The van der Waals surface area contributed by atoms with Gasteiger partial charge in [-0.3, -0.25) is 4.79 Å². The van der Waals surface area contributed by atoms with Crippen LogP contribution >= 0.6 is 0 Å². The van der Waals surface area contributed by atoms with Gasteiger partial charge in [0.05, 0.1) is 13.2 Å². The molecule has 156 valence electrons. The maximum Gasteiger partial charge on any atom is 0.245 e. The van der Waals surface area contributed by atoms with Crippen LogP contribution in [0.1, 0.15) is 0 Å². The Hall–Kier alpha value is -1.19. The minimum atomic E-state index is -1.75. The summed E-state index contributed by atoms with van der Waals surface area (Å²) in [5, 5.41) is 70.9. The van der Waals surface area contributed by atoms with Crippen LogP contribution in [0.25, 0.3) is 0 Å². The van der Waals surface area contributed by atoms with Crippen LogP contribution in [0.3, 0.4) is 0 Å². The van der Waals surface area contributed by atoms with Gasteiger partial charge in [0.1, 0.15) is 48.8 Å². The van der Waals surface area contributed by atoms with Crippen LogP contribution in [-0.4, -0.2) is 116 Å². The van der Waals surface area contributed by atoms with E-state index in [4.69, 9.17) is 14.2 Å². The smallest absolute Gasteiger partial charge is 0.245 e. The van der Waals surface area contributed by atoms with Crippen molar-refractivity contribution in [2.24, 2.45) is 0 Å². The molecule has 27 heavy (non-hydrogen) atoms. The van der Waals surface area contributed by atoms with Gasteiger partial charge in [-0.1, -0.05) is 6.58 Å². The van der Waals surface area contributed by atoms with Crippen molar-refractivity contribution < 1.29 is 54.8 Å². The quantitative estimate of drug-likeness (QED) is 0.200. The third-order valence-corrected chi connectivity index (χ3v) is 4.47. The van der Waals surface area contributed by atoms with Gasteiger partial charge in [-0.15, -0.1) is 0 Å². The summed E-state index contributed by atoms with van der Waals surface area (Å²) in [4.78, 5) is 11.4. The Labute approximate surface area is 154 Å². The molecule has 8 N–H and O–H groups in total. The lowest BCUT2D eigenvalue weighted by atomic mass is 9.96. The highest BCUT2D eigenvalue weighted by molar-refractivity contribution is 5.87. The van der Waals surface area contributed by atoms with E-state index >= 15 is 0 Å². The molecule has 2 saturated heterocycles. The molecule has 0 bridgehead atoms. The Kier molecular flexibility index (Phi) is 7.64. The molecule has 1 amide bonds. The predicted molar refractivity (Wildman–Crippen MR) is 84.7 cm³/mol. The molecule has 0 unspecified atom stereocenters. The summed E-state index contributed by atoms with van der Waals surface area (Å²) in [6.45, 7) is 1.87. The van der Waals surface area contributed by atoms with Gasteiger partial charge in [0.15, 0.2) is 12.5 Å². The van der Waals surface area contributed by atoms with E-state index in [1.807, 2.05) is 0 Å². The molecular weight excluding hydrogens is 370 g/mol. The topological polar surface area (TPSA) is 198 Å². The van der Waals surface area contributed by atoms with Crippen LogP contribution < -0.4 is 5.32 Å². The monoisotopic (exact) mass is 395 g/mol. The zero-order chi connectivity index (χ0) is 20.3. The zero-order valence-corrected chi connectivity index (χ0v) is 14.2. The van der Waals surface area contributed by atoms with Crippen molar-refractivity contribution in [2.45, 2.75) is 61.3 Å². The lowest BCUT2D eigenvalue weighted by Crippen LogP contribution is -2.66. The predicted octanol–water partition coefficient (Wildman–Crippen LogP) is -5.09. The Balaban J connectivity index is 2.12. The first-order valence-corrected chi connectivity index (χ1v) is 8.26. The van der Waals surface area contributed by atoms with Gasteiger partial charge < -0.3 is 55.3 Å². The summed E-state index contributed by atoms with van der Waals surface area (Å²) in [5.41, 5.74) is 0. The number of rotatable bonds is 6. The average Bonchev–Trinajstić information content (AvgIpc) is 2.67. The first-order valence-electron chi connectivity index (χ1n) is 8.26. The summed E-state index contributed by atoms with van der Waals surface area (Å²) in [5.74, 6) is -0.684. The van der Waals surface area contributed by atoms with Crippen molar-refractivity contribution in [3.63, 3.8) is 0 Å². The van der Waals surface area contributed by atoms with E-state index in [1.54, 1.807) is 0 Å².